The van der Waals surface area contributed by atoms with E-state index in [9.17, 15) is 0 Å². The Morgan fingerprint density at radius 1 is 1.00 bits per heavy atom. The van der Waals surface area contributed by atoms with Gasteiger partial charge in [0.05, 0.1) is 5.52 Å². The van der Waals surface area contributed by atoms with Crippen LogP contribution in [-0.4, -0.2) is 9.97 Å². The van der Waals surface area contributed by atoms with Crippen LogP contribution in [0.4, 0.5) is 11.5 Å². The molecule has 0 aliphatic rings. The monoisotopic (exact) mass is 263 g/mol. The standard InChI is InChI=1S/C17H17N3/c1-3-13-5-7-14(8-6-13)20-17-15-10-12(2)4-9-16(15)18-11-19-17/h4-11H,3H2,1-2H3,(H,18,19,20). The van der Waals surface area contributed by atoms with Crippen molar-refractivity contribution in [3.63, 3.8) is 0 Å². The highest BCUT2D eigenvalue weighted by atomic mass is 15.0. The fourth-order valence-electron chi connectivity index (χ4n) is 2.23. The number of hydrogen-bond donors (Lipinski definition) is 1. The van der Waals surface area contributed by atoms with Gasteiger partial charge >= 0.3 is 0 Å². The third kappa shape index (κ3) is 2.48. The molecule has 3 nitrogen and oxygen atoms in total. The van der Waals surface area contributed by atoms with Crippen molar-refractivity contribution >= 4 is 22.4 Å². The van der Waals surface area contributed by atoms with Crippen molar-refractivity contribution in [1.29, 1.82) is 0 Å². The fraction of sp³-hybridized carbons (Fsp3) is 0.176. The number of benzene rings is 2. The first-order valence-electron chi connectivity index (χ1n) is 6.83. The zero-order chi connectivity index (χ0) is 13.9. The lowest BCUT2D eigenvalue weighted by molar-refractivity contribution is 1.14. The molecule has 0 spiro atoms. The number of aromatic nitrogens is 2. The van der Waals surface area contributed by atoms with Crippen molar-refractivity contribution in [2.24, 2.45) is 0 Å². The van der Waals surface area contributed by atoms with Gasteiger partial charge in [0.15, 0.2) is 0 Å². The highest BCUT2D eigenvalue weighted by Gasteiger charge is 2.04. The van der Waals surface area contributed by atoms with E-state index in [2.05, 4.69) is 65.5 Å². The van der Waals surface area contributed by atoms with Crippen LogP contribution >= 0.6 is 0 Å². The molecule has 0 saturated heterocycles. The molecule has 0 bridgehead atoms. The van der Waals surface area contributed by atoms with Gasteiger partial charge in [0, 0.05) is 11.1 Å². The topological polar surface area (TPSA) is 37.8 Å². The van der Waals surface area contributed by atoms with E-state index in [4.69, 9.17) is 0 Å². The van der Waals surface area contributed by atoms with Gasteiger partial charge in [0.1, 0.15) is 12.1 Å². The van der Waals surface area contributed by atoms with Crippen LogP contribution in [0.1, 0.15) is 18.1 Å². The maximum atomic E-state index is 4.36. The number of aryl methyl sites for hydroxylation is 2. The Hall–Kier alpha value is -2.42. The third-order valence-electron chi connectivity index (χ3n) is 3.42. The highest BCUT2D eigenvalue weighted by molar-refractivity contribution is 5.90. The second kappa shape index (κ2) is 5.29. The molecule has 0 fully saturated rings. The summed E-state index contributed by atoms with van der Waals surface area (Å²) in [6, 6.07) is 14.6. The van der Waals surface area contributed by atoms with Gasteiger partial charge in [-0.05, 0) is 43.2 Å². The van der Waals surface area contributed by atoms with Crippen molar-refractivity contribution in [3.8, 4) is 0 Å². The van der Waals surface area contributed by atoms with E-state index in [1.807, 2.05) is 6.07 Å². The Kier molecular flexibility index (Phi) is 3.33. The summed E-state index contributed by atoms with van der Waals surface area (Å²) >= 11 is 0. The summed E-state index contributed by atoms with van der Waals surface area (Å²) in [6.07, 6.45) is 2.65. The van der Waals surface area contributed by atoms with E-state index >= 15 is 0 Å². The number of anilines is 2. The third-order valence-corrected chi connectivity index (χ3v) is 3.42. The predicted octanol–water partition coefficient (Wildman–Crippen LogP) is 4.24. The van der Waals surface area contributed by atoms with Crippen LogP contribution in [0.2, 0.25) is 0 Å². The lowest BCUT2D eigenvalue weighted by atomic mass is 10.1. The van der Waals surface area contributed by atoms with Crippen molar-refractivity contribution in [3.05, 3.63) is 59.9 Å². The molecule has 0 aliphatic heterocycles. The van der Waals surface area contributed by atoms with E-state index < -0.39 is 0 Å². The summed E-state index contributed by atoms with van der Waals surface area (Å²) in [5, 5.41) is 4.42. The Morgan fingerprint density at radius 3 is 2.55 bits per heavy atom. The molecule has 0 unspecified atom stereocenters. The Morgan fingerprint density at radius 2 is 1.80 bits per heavy atom. The first-order chi connectivity index (χ1) is 9.76. The maximum absolute atomic E-state index is 4.36. The minimum Gasteiger partial charge on any atom is -0.340 e. The van der Waals surface area contributed by atoms with Gasteiger partial charge in [0.2, 0.25) is 0 Å². The van der Waals surface area contributed by atoms with Crippen molar-refractivity contribution in [1.82, 2.24) is 9.97 Å². The molecule has 0 amide bonds. The smallest absolute Gasteiger partial charge is 0.141 e. The molecule has 100 valence electrons. The lowest BCUT2D eigenvalue weighted by Crippen LogP contribution is -1.96. The number of rotatable bonds is 3. The van der Waals surface area contributed by atoms with Crippen LogP contribution in [-0.2, 0) is 6.42 Å². The van der Waals surface area contributed by atoms with E-state index in [0.717, 1.165) is 28.8 Å². The minimum atomic E-state index is 0.850. The summed E-state index contributed by atoms with van der Waals surface area (Å²) in [5.74, 6) is 0.850. The summed E-state index contributed by atoms with van der Waals surface area (Å²) in [6.45, 7) is 4.23. The van der Waals surface area contributed by atoms with Crippen LogP contribution in [0.25, 0.3) is 10.9 Å². The molecule has 0 aliphatic carbocycles. The Bertz CT molecular complexity index is 733. The second-order valence-electron chi connectivity index (χ2n) is 4.92. The lowest BCUT2D eigenvalue weighted by Gasteiger charge is -2.09. The summed E-state index contributed by atoms with van der Waals surface area (Å²) in [5.41, 5.74) is 4.54. The van der Waals surface area contributed by atoms with Gasteiger partial charge in [-0.2, -0.15) is 0 Å². The molecule has 0 radical (unpaired) electrons. The summed E-state index contributed by atoms with van der Waals surface area (Å²) in [7, 11) is 0. The summed E-state index contributed by atoms with van der Waals surface area (Å²) in [4.78, 5) is 8.66. The number of nitrogens with one attached hydrogen (secondary N) is 1. The van der Waals surface area contributed by atoms with Crippen LogP contribution in [0.15, 0.2) is 48.8 Å². The molecule has 3 rings (SSSR count). The van der Waals surface area contributed by atoms with E-state index in [-0.39, 0.29) is 0 Å². The molecule has 3 heteroatoms. The molecule has 20 heavy (non-hydrogen) atoms. The Balaban J connectivity index is 1.99. The van der Waals surface area contributed by atoms with Gasteiger partial charge in [-0.1, -0.05) is 30.7 Å². The van der Waals surface area contributed by atoms with Crippen LogP contribution < -0.4 is 5.32 Å². The largest absolute Gasteiger partial charge is 0.340 e. The molecule has 1 N–H and O–H groups in total. The normalized spacial score (nSPS) is 10.7. The minimum absolute atomic E-state index is 0.850. The highest BCUT2D eigenvalue weighted by Crippen LogP contribution is 2.24. The number of nitrogens with zero attached hydrogens (tertiary/aromatic N) is 2. The van der Waals surface area contributed by atoms with Crippen LogP contribution in [0, 0.1) is 6.92 Å². The number of fused-ring (bicyclic) bond motifs is 1. The van der Waals surface area contributed by atoms with Gasteiger partial charge in [-0.15, -0.1) is 0 Å². The fourth-order valence-corrected chi connectivity index (χ4v) is 2.23. The molecular weight excluding hydrogens is 246 g/mol. The molecule has 1 heterocycles. The number of hydrogen-bond acceptors (Lipinski definition) is 3. The quantitative estimate of drug-likeness (QED) is 0.768. The van der Waals surface area contributed by atoms with Crippen LogP contribution in [0.3, 0.4) is 0 Å². The first kappa shape index (κ1) is 12.6. The van der Waals surface area contributed by atoms with Gasteiger partial charge in [-0.25, -0.2) is 9.97 Å². The zero-order valence-corrected chi connectivity index (χ0v) is 11.7. The predicted molar refractivity (Wildman–Crippen MR) is 83.4 cm³/mol. The Labute approximate surface area is 118 Å². The first-order valence-corrected chi connectivity index (χ1v) is 6.83. The maximum Gasteiger partial charge on any atom is 0.141 e. The zero-order valence-electron chi connectivity index (χ0n) is 11.7. The molecule has 3 aromatic rings. The summed E-state index contributed by atoms with van der Waals surface area (Å²) < 4.78 is 0. The van der Waals surface area contributed by atoms with Crippen molar-refractivity contribution in [2.45, 2.75) is 20.3 Å². The van der Waals surface area contributed by atoms with Crippen LogP contribution in [0.5, 0.6) is 0 Å². The van der Waals surface area contributed by atoms with E-state index in [0.29, 0.717) is 0 Å². The van der Waals surface area contributed by atoms with E-state index in [1.54, 1.807) is 6.33 Å². The van der Waals surface area contributed by atoms with Gasteiger partial charge < -0.3 is 5.32 Å². The average Bonchev–Trinajstić information content (AvgIpc) is 2.49. The molecule has 0 saturated carbocycles. The second-order valence-corrected chi connectivity index (χ2v) is 4.92. The van der Waals surface area contributed by atoms with E-state index in [1.165, 1.54) is 11.1 Å². The molecule has 2 aromatic carbocycles. The molecular formula is C17H17N3. The average molecular weight is 263 g/mol. The van der Waals surface area contributed by atoms with Gasteiger partial charge in [-0.3, -0.25) is 0 Å². The van der Waals surface area contributed by atoms with Crippen molar-refractivity contribution < 1.29 is 0 Å². The van der Waals surface area contributed by atoms with Crippen molar-refractivity contribution in [2.75, 3.05) is 5.32 Å². The molecule has 0 atom stereocenters. The van der Waals surface area contributed by atoms with Gasteiger partial charge in [0.25, 0.3) is 0 Å². The molecule has 1 aromatic heterocycles. The SMILES string of the molecule is CCc1ccc(Nc2ncnc3ccc(C)cc23)cc1.